The lowest BCUT2D eigenvalue weighted by Crippen LogP contribution is -2.53. The molecule has 0 spiro atoms. The van der Waals surface area contributed by atoms with Crippen LogP contribution in [0.2, 0.25) is 0 Å². The molecular formula is C14H22ClN3O2. The van der Waals surface area contributed by atoms with Gasteiger partial charge in [-0.3, -0.25) is 0 Å². The smallest absolute Gasteiger partial charge is 0.218 e. The molecule has 5 nitrogen and oxygen atoms in total. The third-order valence-electron chi connectivity index (χ3n) is 2.96. The van der Waals surface area contributed by atoms with Gasteiger partial charge in [0.2, 0.25) is 5.88 Å². The van der Waals surface area contributed by atoms with E-state index in [1.807, 2.05) is 19.9 Å². The van der Waals surface area contributed by atoms with E-state index < -0.39 is 0 Å². The first-order chi connectivity index (χ1) is 9.39. The maximum Gasteiger partial charge on any atom is 0.218 e. The van der Waals surface area contributed by atoms with Gasteiger partial charge in [0.05, 0.1) is 23.7 Å². The van der Waals surface area contributed by atoms with Crippen LogP contribution in [0.1, 0.15) is 27.7 Å². The Balaban J connectivity index is 2.17. The van der Waals surface area contributed by atoms with E-state index >= 15 is 0 Å². The van der Waals surface area contributed by atoms with Crippen molar-refractivity contribution in [2.45, 2.75) is 45.5 Å². The molecule has 0 bridgehead atoms. The molecule has 2 rings (SSSR count). The molecule has 0 radical (unpaired) electrons. The Morgan fingerprint density at radius 3 is 2.90 bits per heavy atom. The lowest BCUT2D eigenvalue weighted by molar-refractivity contribution is -0.0736. The maximum atomic E-state index is 5.95. The van der Waals surface area contributed by atoms with Gasteiger partial charge in [-0.15, -0.1) is 11.6 Å². The molecule has 2 heterocycles. The maximum absolute atomic E-state index is 5.95. The fraction of sp³-hybridized carbons (Fsp3) is 0.714. The highest BCUT2D eigenvalue weighted by molar-refractivity contribution is 6.18. The van der Waals surface area contributed by atoms with Crippen molar-refractivity contribution in [2.75, 3.05) is 23.9 Å². The van der Waals surface area contributed by atoms with Crippen LogP contribution in [0.15, 0.2) is 12.4 Å². The van der Waals surface area contributed by atoms with Gasteiger partial charge in [0.15, 0.2) is 0 Å². The molecule has 0 amide bonds. The van der Waals surface area contributed by atoms with Crippen LogP contribution < -0.4 is 9.64 Å². The molecule has 1 aliphatic rings. The van der Waals surface area contributed by atoms with Crippen molar-refractivity contribution in [3.63, 3.8) is 0 Å². The summed E-state index contributed by atoms with van der Waals surface area (Å²) in [6, 6.07) is 1.87. The third-order valence-corrected chi connectivity index (χ3v) is 3.31. The van der Waals surface area contributed by atoms with Crippen LogP contribution >= 0.6 is 11.6 Å². The summed E-state index contributed by atoms with van der Waals surface area (Å²) in [7, 11) is 0. The van der Waals surface area contributed by atoms with Crippen LogP contribution in [-0.2, 0) is 4.74 Å². The predicted octanol–water partition coefficient (Wildman–Crippen LogP) is 2.49. The van der Waals surface area contributed by atoms with E-state index in [1.165, 1.54) is 6.33 Å². The second-order valence-electron chi connectivity index (χ2n) is 5.92. The summed E-state index contributed by atoms with van der Waals surface area (Å²) in [5.41, 5.74) is -0.248. The predicted molar refractivity (Wildman–Crippen MR) is 79.7 cm³/mol. The third kappa shape index (κ3) is 3.96. The average molecular weight is 300 g/mol. The molecule has 20 heavy (non-hydrogen) atoms. The van der Waals surface area contributed by atoms with Crippen LogP contribution in [0.25, 0.3) is 0 Å². The van der Waals surface area contributed by atoms with Gasteiger partial charge in [0, 0.05) is 19.2 Å². The number of alkyl halides is 1. The van der Waals surface area contributed by atoms with Gasteiger partial charge < -0.3 is 14.4 Å². The lowest BCUT2D eigenvalue weighted by Gasteiger charge is -2.42. The van der Waals surface area contributed by atoms with Gasteiger partial charge in [0.25, 0.3) is 0 Å². The summed E-state index contributed by atoms with van der Waals surface area (Å²) in [6.07, 6.45) is 1.63. The van der Waals surface area contributed by atoms with Gasteiger partial charge in [-0.05, 0) is 27.7 Å². The highest BCUT2D eigenvalue weighted by Gasteiger charge is 2.33. The quantitative estimate of drug-likeness (QED) is 0.799. The van der Waals surface area contributed by atoms with Crippen molar-refractivity contribution >= 4 is 17.4 Å². The minimum atomic E-state index is -0.248. The van der Waals surface area contributed by atoms with E-state index in [0.29, 0.717) is 11.8 Å². The molecule has 1 aromatic rings. The van der Waals surface area contributed by atoms with E-state index in [1.54, 1.807) is 0 Å². The fourth-order valence-corrected chi connectivity index (χ4v) is 2.52. The van der Waals surface area contributed by atoms with Crippen molar-refractivity contribution in [1.82, 2.24) is 9.97 Å². The van der Waals surface area contributed by atoms with E-state index in [9.17, 15) is 0 Å². The van der Waals surface area contributed by atoms with Gasteiger partial charge in [0.1, 0.15) is 12.1 Å². The molecular weight excluding hydrogens is 278 g/mol. The number of anilines is 1. The minimum Gasteiger partial charge on any atom is -0.475 e. The van der Waals surface area contributed by atoms with E-state index in [4.69, 9.17) is 21.1 Å². The van der Waals surface area contributed by atoms with Crippen molar-refractivity contribution < 1.29 is 9.47 Å². The van der Waals surface area contributed by atoms with Crippen molar-refractivity contribution in [3.05, 3.63) is 12.4 Å². The highest BCUT2D eigenvalue weighted by Crippen LogP contribution is 2.26. The number of rotatable bonds is 4. The molecule has 1 aliphatic heterocycles. The number of halogens is 1. The number of ether oxygens (including phenoxy) is 2. The zero-order valence-corrected chi connectivity index (χ0v) is 13.2. The first-order valence-corrected chi connectivity index (χ1v) is 7.40. The van der Waals surface area contributed by atoms with Gasteiger partial charge >= 0.3 is 0 Å². The largest absolute Gasteiger partial charge is 0.475 e. The van der Waals surface area contributed by atoms with Crippen molar-refractivity contribution in [3.8, 4) is 5.88 Å². The number of hydrogen-bond acceptors (Lipinski definition) is 5. The fourth-order valence-electron chi connectivity index (χ4n) is 2.36. The molecule has 1 saturated heterocycles. The Morgan fingerprint density at radius 2 is 2.25 bits per heavy atom. The monoisotopic (exact) mass is 299 g/mol. The van der Waals surface area contributed by atoms with Crippen LogP contribution in [0, 0.1) is 0 Å². The Bertz CT molecular complexity index is 454. The molecule has 1 atom stereocenters. The summed E-state index contributed by atoms with van der Waals surface area (Å²) < 4.78 is 11.5. The number of aromatic nitrogens is 2. The van der Waals surface area contributed by atoms with Gasteiger partial charge in [-0.25, -0.2) is 9.97 Å². The van der Waals surface area contributed by atoms with Gasteiger partial charge in [-0.1, -0.05) is 0 Å². The summed E-state index contributed by atoms with van der Waals surface area (Å²) in [6.45, 7) is 9.56. The molecule has 1 fully saturated rings. The summed E-state index contributed by atoms with van der Waals surface area (Å²) in [4.78, 5) is 10.6. The zero-order valence-electron chi connectivity index (χ0n) is 12.5. The molecule has 6 heteroatoms. The summed E-state index contributed by atoms with van der Waals surface area (Å²) >= 11 is 5.95. The molecule has 1 aromatic heterocycles. The second-order valence-corrected chi connectivity index (χ2v) is 6.22. The van der Waals surface area contributed by atoms with Crippen molar-refractivity contribution in [1.29, 1.82) is 0 Å². The zero-order chi connectivity index (χ0) is 14.8. The Labute approximate surface area is 125 Å². The molecule has 0 N–H and O–H groups in total. The van der Waals surface area contributed by atoms with Crippen LogP contribution in [0.5, 0.6) is 5.88 Å². The average Bonchev–Trinajstić information content (AvgIpc) is 2.36. The second kappa shape index (κ2) is 6.14. The Hall–Kier alpha value is -1.07. The summed E-state index contributed by atoms with van der Waals surface area (Å²) in [5.74, 6) is 1.92. The molecule has 1 unspecified atom stereocenters. The Morgan fingerprint density at radius 1 is 1.50 bits per heavy atom. The van der Waals surface area contributed by atoms with Crippen LogP contribution in [-0.4, -0.2) is 46.7 Å². The SMILES string of the molecule is CC(C)Oc1cc(N2CC(CCl)OC(C)(C)C2)ncn1. The highest BCUT2D eigenvalue weighted by atomic mass is 35.5. The summed E-state index contributed by atoms with van der Waals surface area (Å²) in [5, 5.41) is 0. The lowest BCUT2D eigenvalue weighted by atomic mass is 10.1. The van der Waals surface area contributed by atoms with E-state index in [2.05, 4.69) is 28.7 Å². The van der Waals surface area contributed by atoms with Crippen LogP contribution in [0.4, 0.5) is 5.82 Å². The Kier molecular flexibility index (Phi) is 4.70. The van der Waals surface area contributed by atoms with E-state index in [-0.39, 0.29) is 17.8 Å². The molecule has 0 aromatic carbocycles. The molecule has 0 saturated carbocycles. The number of morpholine rings is 1. The first-order valence-electron chi connectivity index (χ1n) is 6.87. The van der Waals surface area contributed by atoms with Gasteiger partial charge in [-0.2, -0.15) is 0 Å². The van der Waals surface area contributed by atoms with Crippen LogP contribution in [0.3, 0.4) is 0 Å². The molecule has 0 aliphatic carbocycles. The standard InChI is InChI=1S/C14H22ClN3O2/c1-10(2)19-13-5-12(16-9-17-13)18-7-11(6-15)20-14(3,4)8-18/h5,9-11H,6-8H2,1-4H3. The normalized spacial score (nSPS) is 22.1. The number of hydrogen-bond donors (Lipinski definition) is 0. The minimum absolute atomic E-state index is 0.00449. The topological polar surface area (TPSA) is 47.5 Å². The first kappa shape index (κ1) is 15.3. The van der Waals surface area contributed by atoms with Crippen molar-refractivity contribution in [2.24, 2.45) is 0 Å². The number of nitrogens with zero attached hydrogens (tertiary/aromatic N) is 3. The van der Waals surface area contributed by atoms with E-state index in [0.717, 1.165) is 18.9 Å². The molecule has 112 valence electrons.